The van der Waals surface area contributed by atoms with Crippen LogP contribution in [0.3, 0.4) is 0 Å². The van der Waals surface area contributed by atoms with Crippen molar-refractivity contribution in [3.05, 3.63) is 16.7 Å². The van der Waals surface area contributed by atoms with Crippen LogP contribution in [0.25, 0.3) is 0 Å². The number of benzene rings is 1. The predicted octanol–water partition coefficient (Wildman–Crippen LogP) is 1.82. The van der Waals surface area contributed by atoms with E-state index in [4.69, 9.17) is 19.4 Å². The Balaban J connectivity index is 2.22. The lowest BCUT2D eigenvalue weighted by atomic mass is 9.92. The van der Waals surface area contributed by atoms with Gasteiger partial charge >= 0.3 is 0 Å². The third-order valence-corrected chi connectivity index (χ3v) is 3.76. The topological polar surface area (TPSA) is 60.0 Å². The van der Waals surface area contributed by atoms with Crippen molar-refractivity contribution in [3.8, 4) is 17.2 Å². The molecule has 0 saturated carbocycles. The van der Waals surface area contributed by atoms with Crippen LogP contribution >= 0.6 is 0 Å². The molecule has 2 aliphatic heterocycles. The molecule has 1 aromatic rings. The van der Waals surface area contributed by atoms with E-state index in [1.54, 1.807) is 7.11 Å². The van der Waals surface area contributed by atoms with Gasteiger partial charge in [-0.3, -0.25) is 0 Å². The Hall–Kier alpha value is -1.46. The number of nitrogens with one attached hydrogen (secondary N) is 1. The summed E-state index contributed by atoms with van der Waals surface area (Å²) in [7, 11) is 1.67. The van der Waals surface area contributed by atoms with Gasteiger partial charge in [0.1, 0.15) is 5.75 Å². The van der Waals surface area contributed by atoms with Crippen LogP contribution in [0.2, 0.25) is 0 Å². The number of hydrogen-bond acceptors (Lipinski definition) is 5. The predicted molar refractivity (Wildman–Crippen MR) is 69.3 cm³/mol. The number of hydrogen-bond donors (Lipinski definition) is 2. The van der Waals surface area contributed by atoms with E-state index < -0.39 is 0 Å². The van der Waals surface area contributed by atoms with Crippen LogP contribution in [0, 0.1) is 0 Å². The van der Waals surface area contributed by atoms with Crippen LogP contribution in [-0.2, 0) is 19.4 Å². The first-order valence-corrected chi connectivity index (χ1v) is 6.74. The molecule has 0 amide bonds. The minimum atomic E-state index is 0.373. The van der Waals surface area contributed by atoms with Gasteiger partial charge in [0, 0.05) is 23.2 Å². The molecule has 5 nitrogen and oxygen atoms in total. The van der Waals surface area contributed by atoms with Gasteiger partial charge in [-0.25, -0.2) is 5.48 Å². The van der Waals surface area contributed by atoms with E-state index in [2.05, 4.69) is 5.48 Å². The van der Waals surface area contributed by atoms with Gasteiger partial charge < -0.3 is 19.4 Å². The van der Waals surface area contributed by atoms with E-state index in [0.29, 0.717) is 13.2 Å². The van der Waals surface area contributed by atoms with Gasteiger partial charge in [-0.05, 0) is 25.7 Å². The summed E-state index contributed by atoms with van der Waals surface area (Å²) >= 11 is 0. The third-order valence-electron chi connectivity index (χ3n) is 3.76. The summed E-state index contributed by atoms with van der Waals surface area (Å²) in [6.07, 6.45) is 3.81. The smallest absolute Gasteiger partial charge is 0.167 e. The van der Waals surface area contributed by atoms with E-state index in [1.807, 2.05) is 0 Å². The summed E-state index contributed by atoms with van der Waals surface area (Å²) in [5, 5.41) is 9.07. The highest BCUT2D eigenvalue weighted by molar-refractivity contribution is 5.64. The zero-order valence-electron chi connectivity index (χ0n) is 11.1. The molecule has 2 heterocycles. The summed E-state index contributed by atoms with van der Waals surface area (Å²) in [6, 6.07) is 0. The Morgan fingerprint density at radius 1 is 1.11 bits per heavy atom. The first kappa shape index (κ1) is 12.6. The molecule has 0 unspecified atom stereocenters. The van der Waals surface area contributed by atoms with Crippen LogP contribution in [0.15, 0.2) is 0 Å². The lowest BCUT2D eigenvalue weighted by Crippen LogP contribution is -2.20. The van der Waals surface area contributed by atoms with Crippen molar-refractivity contribution in [1.29, 1.82) is 0 Å². The second-order valence-corrected chi connectivity index (χ2v) is 4.87. The quantitative estimate of drug-likeness (QED) is 0.816. The number of rotatable bonds is 3. The molecule has 0 radical (unpaired) electrons. The summed E-state index contributed by atoms with van der Waals surface area (Å²) in [5.74, 6) is 2.52. The number of hydroxylamine groups is 1. The Morgan fingerprint density at radius 3 is 2.47 bits per heavy atom. The molecule has 0 bridgehead atoms. The van der Waals surface area contributed by atoms with Crippen molar-refractivity contribution < 1.29 is 19.4 Å². The average molecular weight is 265 g/mol. The fraction of sp³-hybridized carbons (Fsp3) is 0.571. The molecule has 19 heavy (non-hydrogen) atoms. The molecule has 0 aliphatic carbocycles. The highest BCUT2D eigenvalue weighted by Crippen LogP contribution is 2.47. The molecule has 2 aliphatic rings. The van der Waals surface area contributed by atoms with Crippen molar-refractivity contribution in [2.75, 3.05) is 20.3 Å². The van der Waals surface area contributed by atoms with Crippen LogP contribution < -0.4 is 19.7 Å². The van der Waals surface area contributed by atoms with Crippen molar-refractivity contribution in [2.45, 2.75) is 32.2 Å². The van der Waals surface area contributed by atoms with Gasteiger partial charge in [0.15, 0.2) is 11.5 Å². The van der Waals surface area contributed by atoms with Gasteiger partial charge in [0.05, 0.1) is 20.3 Å². The van der Waals surface area contributed by atoms with E-state index in [1.165, 1.54) is 0 Å². The maximum atomic E-state index is 9.07. The first-order chi connectivity index (χ1) is 9.36. The maximum absolute atomic E-state index is 9.07. The molecule has 0 fully saturated rings. The fourth-order valence-electron chi connectivity index (χ4n) is 2.98. The number of fused-ring (bicyclic) bond motifs is 2. The van der Waals surface area contributed by atoms with Crippen LogP contribution in [0.1, 0.15) is 29.5 Å². The van der Waals surface area contributed by atoms with Gasteiger partial charge in [0.2, 0.25) is 0 Å². The molecule has 3 rings (SSSR count). The molecule has 5 heteroatoms. The molecule has 1 aromatic carbocycles. The Bertz CT molecular complexity index is 450. The number of methoxy groups -OCH3 is 1. The minimum absolute atomic E-state index is 0.373. The van der Waals surface area contributed by atoms with Crippen LogP contribution in [-0.4, -0.2) is 25.5 Å². The SMILES string of the molecule is COc1c2c(c(CNO)c3c1OCCC3)OCCC2. The van der Waals surface area contributed by atoms with Crippen molar-refractivity contribution in [2.24, 2.45) is 0 Å². The molecule has 0 spiro atoms. The van der Waals surface area contributed by atoms with Crippen LogP contribution in [0.5, 0.6) is 17.2 Å². The summed E-state index contributed by atoms with van der Waals surface area (Å²) in [4.78, 5) is 0. The first-order valence-electron chi connectivity index (χ1n) is 6.74. The van der Waals surface area contributed by atoms with E-state index in [0.717, 1.165) is 66.2 Å². The Labute approximate surface area is 112 Å². The largest absolute Gasteiger partial charge is 0.493 e. The van der Waals surface area contributed by atoms with Gasteiger partial charge in [0.25, 0.3) is 0 Å². The normalized spacial score (nSPS) is 16.9. The summed E-state index contributed by atoms with van der Waals surface area (Å²) in [6.45, 7) is 1.81. The molecular weight excluding hydrogens is 246 g/mol. The van der Waals surface area contributed by atoms with Crippen molar-refractivity contribution in [1.82, 2.24) is 5.48 Å². The molecule has 2 N–H and O–H groups in total. The fourth-order valence-corrected chi connectivity index (χ4v) is 2.98. The second-order valence-electron chi connectivity index (χ2n) is 4.87. The second kappa shape index (κ2) is 5.27. The standard InChI is InChI=1S/C14H19NO4/c1-17-13-10-5-3-6-18-12(10)11(8-15-16)9-4-2-7-19-14(9)13/h15-16H,2-8H2,1H3. The number of ether oxygens (including phenoxy) is 3. The van der Waals surface area contributed by atoms with Gasteiger partial charge in [-0.2, -0.15) is 0 Å². The zero-order valence-corrected chi connectivity index (χ0v) is 11.1. The Kier molecular flexibility index (Phi) is 3.48. The van der Waals surface area contributed by atoms with Crippen molar-refractivity contribution in [3.63, 3.8) is 0 Å². The Morgan fingerprint density at radius 2 is 1.79 bits per heavy atom. The van der Waals surface area contributed by atoms with E-state index >= 15 is 0 Å². The highest BCUT2D eigenvalue weighted by atomic mass is 16.5. The molecular formula is C14H19NO4. The third kappa shape index (κ3) is 2.03. The van der Waals surface area contributed by atoms with Crippen LogP contribution in [0.4, 0.5) is 0 Å². The van der Waals surface area contributed by atoms with E-state index in [-0.39, 0.29) is 0 Å². The minimum Gasteiger partial charge on any atom is -0.493 e. The monoisotopic (exact) mass is 265 g/mol. The summed E-state index contributed by atoms with van der Waals surface area (Å²) < 4.78 is 17.2. The molecule has 0 atom stereocenters. The maximum Gasteiger partial charge on any atom is 0.167 e. The highest BCUT2D eigenvalue weighted by Gasteiger charge is 2.29. The molecule has 0 aromatic heterocycles. The molecule has 0 saturated heterocycles. The zero-order chi connectivity index (χ0) is 13.2. The van der Waals surface area contributed by atoms with Gasteiger partial charge in [-0.15, -0.1) is 0 Å². The average Bonchev–Trinajstić information content (AvgIpc) is 2.47. The van der Waals surface area contributed by atoms with Crippen molar-refractivity contribution >= 4 is 0 Å². The van der Waals surface area contributed by atoms with Gasteiger partial charge in [-0.1, -0.05) is 0 Å². The lowest BCUT2D eigenvalue weighted by Gasteiger charge is -2.29. The summed E-state index contributed by atoms with van der Waals surface area (Å²) in [5.41, 5.74) is 5.42. The van der Waals surface area contributed by atoms with E-state index in [9.17, 15) is 0 Å². The lowest BCUT2D eigenvalue weighted by molar-refractivity contribution is 0.157. The molecule has 104 valence electrons.